The van der Waals surface area contributed by atoms with Crippen molar-refractivity contribution in [3.63, 3.8) is 0 Å². The van der Waals surface area contributed by atoms with Crippen molar-refractivity contribution in [2.45, 2.75) is 56.8 Å². The van der Waals surface area contributed by atoms with Gasteiger partial charge in [-0.15, -0.1) is 0 Å². The van der Waals surface area contributed by atoms with Crippen molar-refractivity contribution in [2.24, 2.45) is 5.92 Å². The van der Waals surface area contributed by atoms with Crippen LogP contribution in [0.2, 0.25) is 0 Å². The fraction of sp³-hybridized carbons (Fsp3) is 0.438. The molecule has 1 heterocycles. The Morgan fingerprint density at radius 3 is 2.60 bits per heavy atom. The number of fused-ring (bicyclic) bond motifs is 1. The highest BCUT2D eigenvalue weighted by atomic mass is 127. The number of amides is 2. The Morgan fingerprint density at radius 1 is 1.10 bits per heavy atom. The van der Waals surface area contributed by atoms with Gasteiger partial charge in [0.25, 0.3) is 5.91 Å². The first-order chi connectivity index (χ1) is 20.4. The maximum Gasteiger partial charge on any atom is 0.289 e. The number of furan rings is 1. The maximum atomic E-state index is 14.3. The molecule has 5 rings (SSSR count). The van der Waals surface area contributed by atoms with Crippen LogP contribution in [0.3, 0.4) is 0 Å². The Labute approximate surface area is 259 Å². The lowest BCUT2D eigenvalue weighted by Gasteiger charge is -2.42. The number of methoxy groups -OCH3 is 1. The summed E-state index contributed by atoms with van der Waals surface area (Å²) in [4.78, 5) is 29.1. The van der Waals surface area contributed by atoms with Gasteiger partial charge < -0.3 is 34.3 Å². The second-order valence-electron chi connectivity index (χ2n) is 10.9. The Balaban J connectivity index is 1.52. The molecular weight excluding hydrogens is 651 g/mol. The van der Waals surface area contributed by atoms with Gasteiger partial charge in [-0.25, -0.2) is 0 Å². The minimum atomic E-state index is -1.11. The summed E-state index contributed by atoms with van der Waals surface area (Å²) in [6.45, 7) is 0.321. The average Bonchev–Trinajstić information content (AvgIpc) is 3.46. The molecule has 3 atom stereocenters. The molecule has 0 aliphatic heterocycles. The number of benzene rings is 2. The van der Waals surface area contributed by atoms with Gasteiger partial charge in [-0.1, -0.05) is 43.5 Å². The third kappa shape index (κ3) is 6.76. The first-order valence-electron chi connectivity index (χ1n) is 14.5. The van der Waals surface area contributed by atoms with Gasteiger partial charge >= 0.3 is 0 Å². The van der Waals surface area contributed by atoms with Crippen LogP contribution in [0.4, 0.5) is 0 Å². The van der Waals surface area contributed by atoms with Crippen LogP contribution in [-0.2, 0) is 4.79 Å². The van der Waals surface area contributed by atoms with Crippen molar-refractivity contribution in [1.29, 1.82) is 0 Å². The summed E-state index contributed by atoms with van der Waals surface area (Å²) in [5.74, 6) is 0.793. The van der Waals surface area contributed by atoms with Gasteiger partial charge in [-0.2, -0.15) is 0 Å². The Bertz CT molecular complexity index is 1430. The molecule has 2 amide bonds. The van der Waals surface area contributed by atoms with E-state index in [9.17, 15) is 19.8 Å². The van der Waals surface area contributed by atoms with Crippen LogP contribution >= 0.6 is 22.6 Å². The standard InChI is InChI=1S/C32H37IN2O7/c1-40-26-13-7-10-21-17-28(42-30(21)26)32(39)35(19-20-8-3-2-4-9-20)24-16-22(31(38)34-14-15-36)18-27(29(24)37)41-25-12-6-5-11-23(25)33/h5-7,10-13,17-18,20,24,27,29,36-37H,2-4,8-9,14-16,19H2,1H3,(H,34,38). The zero-order chi connectivity index (χ0) is 29.6. The predicted molar refractivity (Wildman–Crippen MR) is 167 cm³/mol. The topological polar surface area (TPSA) is 121 Å². The second kappa shape index (κ2) is 13.9. The maximum absolute atomic E-state index is 14.3. The fourth-order valence-corrected chi connectivity index (χ4v) is 6.44. The van der Waals surface area contributed by atoms with Crippen LogP contribution in [0.25, 0.3) is 11.0 Å². The second-order valence-corrected chi connectivity index (χ2v) is 12.1. The van der Waals surface area contributed by atoms with E-state index in [1.54, 1.807) is 30.2 Å². The number of hydrogen-bond donors (Lipinski definition) is 3. The minimum absolute atomic E-state index is 0.0943. The van der Waals surface area contributed by atoms with E-state index in [-0.39, 0.29) is 43.1 Å². The number of carbonyl (C=O) groups is 2. The van der Waals surface area contributed by atoms with Crippen LogP contribution in [0.5, 0.6) is 11.5 Å². The van der Waals surface area contributed by atoms with Crippen LogP contribution < -0.4 is 14.8 Å². The van der Waals surface area contributed by atoms with Crippen LogP contribution in [0.1, 0.15) is 49.1 Å². The highest BCUT2D eigenvalue weighted by Gasteiger charge is 2.42. The molecule has 1 aromatic heterocycles. The summed E-state index contributed by atoms with van der Waals surface area (Å²) in [7, 11) is 1.55. The quantitative estimate of drug-likeness (QED) is 0.265. The first kappa shape index (κ1) is 30.4. The first-order valence-corrected chi connectivity index (χ1v) is 15.5. The molecule has 3 aromatic rings. The summed E-state index contributed by atoms with van der Waals surface area (Å²) in [6.07, 6.45) is 5.10. The molecule has 10 heteroatoms. The molecule has 3 N–H and O–H groups in total. The van der Waals surface area contributed by atoms with E-state index in [1.807, 2.05) is 36.4 Å². The number of nitrogens with one attached hydrogen (secondary N) is 1. The van der Waals surface area contributed by atoms with Crippen molar-refractivity contribution >= 4 is 45.4 Å². The monoisotopic (exact) mass is 688 g/mol. The lowest BCUT2D eigenvalue weighted by Crippen LogP contribution is -2.56. The molecule has 1 saturated carbocycles. The summed E-state index contributed by atoms with van der Waals surface area (Å²) < 4.78 is 18.6. The number of hydrogen-bond acceptors (Lipinski definition) is 7. The van der Waals surface area contributed by atoms with E-state index >= 15 is 0 Å². The molecule has 1 fully saturated rings. The van der Waals surface area contributed by atoms with Gasteiger partial charge in [0.2, 0.25) is 5.91 Å². The van der Waals surface area contributed by atoms with E-state index in [4.69, 9.17) is 13.9 Å². The molecule has 3 unspecified atom stereocenters. The number of aliphatic hydroxyl groups excluding tert-OH is 2. The third-order valence-corrected chi connectivity index (χ3v) is 8.98. The molecule has 2 aromatic carbocycles. The van der Waals surface area contributed by atoms with Crippen molar-refractivity contribution in [2.75, 3.05) is 26.8 Å². The number of para-hydroxylation sites is 2. The third-order valence-electron chi connectivity index (χ3n) is 8.09. The van der Waals surface area contributed by atoms with Gasteiger partial charge in [-0.05, 0) is 71.7 Å². The highest BCUT2D eigenvalue weighted by Crippen LogP contribution is 2.34. The zero-order valence-electron chi connectivity index (χ0n) is 23.6. The number of halogens is 1. The summed E-state index contributed by atoms with van der Waals surface area (Å²) in [5.41, 5.74) is 0.872. The van der Waals surface area contributed by atoms with Crippen molar-refractivity contribution in [1.82, 2.24) is 10.2 Å². The number of ether oxygens (including phenoxy) is 2. The summed E-state index contributed by atoms with van der Waals surface area (Å²) in [5, 5.41) is 24.5. The molecule has 224 valence electrons. The van der Waals surface area contributed by atoms with Crippen molar-refractivity contribution in [3.8, 4) is 11.5 Å². The molecule has 42 heavy (non-hydrogen) atoms. The van der Waals surface area contributed by atoms with E-state index in [1.165, 1.54) is 6.42 Å². The van der Waals surface area contributed by atoms with E-state index in [2.05, 4.69) is 27.9 Å². The summed E-state index contributed by atoms with van der Waals surface area (Å²) >= 11 is 2.16. The van der Waals surface area contributed by atoms with Crippen LogP contribution in [-0.4, -0.2) is 72.0 Å². The van der Waals surface area contributed by atoms with Gasteiger partial charge in [0.1, 0.15) is 18.0 Å². The number of carbonyl (C=O) groups excluding carboxylic acids is 2. The van der Waals surface area contributed by atoms with E-state index in [0.717, 1.165) is 34.6 Å². The SMILES string of the molecule is COc1cccc2cc(C(=O)N(CC3CCCCC3)C3CC(C(=O)NCCO)=CC(Oc4ccccc4I)C3O)oc12. The van der Waals surface area contributed by atoms with Gasteiger partial charge in [0.05, 0.1) is 23.3 Å². The Kier molecular flexibility index (Phi) is 10.1. The average molecular weight is 689 g/mol. The smallest absolute Gasteiger partial charge is 0.289 e. The molecule has 0 radical (unpaired) electrons. The number of rotatable bonds is 10. The molecule has 2 aliphatic rings. The normalized spacial score (nSPS) is 21.0. The van der Waals surface area contributed by atoms with Crippen LogP contribution in [0, 0.1) is 9.49 Å². The van der Waals surface area contributed by atoms with E-state index < -0.39 is 18.2 Å². The molecule has 0 spiro atoms. The van der Waals surface area contributed by atoms with Crippen molar-refractivity contribution < 1.29 is 33.7 Å². The van der Waals surface area contributed by atoms with Gasteiger partial charge in [-0.3, -0.25) is 9.59 Å². The highest BCUT2D eigenvalue weighted by molar-refractivity contribution is 14.1. The largest absolute Gasteiger partial charge is 0.493 e. The predicted octanol–water partition coefficient (Wildman–Crippen LogP) is 4.68. The molecule has 9 nitrogen and oxygen atoms in total. The summed E-state index contributed by atoms with van der Waals surface area (Å²) in [6, 6.07) is 13.9. The molecule has 2 aliphatic carbocycles. The number of nitrogens with zero attached hydrogens (tertiary/aromatic N) is 1. The van der Waals surface area contributed by atoms with Gasteiger partial charge in [0.15, 0.2) is 17.1 Å². The number of aliphatic hydroxyl groups is 2. The fourth-order valence-electron chi connectivity index (χ4n) is 5.93. The van der Waals surface area contributed by atoms with Crippen molar-refractivity contribution in [3.05, 3.63) is 69.5 Å². The Morgan fingerprint density at radius 2 is 1.86 bits per heavy atom. The Hall–Kier alpha value is -3.09. The van der Waals surface area contributed by atoms with Crippen LogP contribution in [0.15, 0.2) is 64.6 Å². The van der Waals surface area contributed by atoms with Gasteiger partial charge in [0, 0.05) is 30.5 Å². The van der Waals surface area contributed by atoms with E-state index in [0.29, 0.717) is 29.2 Å². The lowest BCUT2D eigenvalue weighted by molar-refractivity contribution is -0.118. The molecule has 0 saturated heterocycles. The molecular formula is C32H37IN2O7. The molecule has 0 bridgehead atoms. The zero-order valence-corrected chi connectivity index (χ0v) is 25.8. The lowest BCUT2D eigenvalue weighted by atomic mass is 9.85. The minimum Gasteiger partial charge on any atom is -0.493 e.